The molecule has 158 valence electrons. The molecule has 2 atom stereocenters. The first kappa shape index (κ1) is 20.8. The summed E-state index contributed by atoms with van der Waals surface area (Å²) in [4.78, 5) is 29.3. The number of urea groups is 1. The molecule has 1 fully saturated rings. The Morgan fingerprint density at radius 1 is 1.07 bits per heavy atom. The minimum Gasteiger partial charge on any atom is -0.391 e. The Balaban J connectivity index is 1.44. The van der Waals surface area contributed by atoms with Gasteiger partial charge in [0.1, 0.15) is 6.04 Å². The molecule has 0 aromatic heterocycles. The average molecular weight is 473 g/mol. The molecule has 4 rings (SSSR count). The molecule has 30 heavy (non-hydrogen) atoms. The number of nitrogens with one attached hydrogen (secondary N) is 2. The van der Waals surface area contributed by atoms with Gasteiger partial charge in [-0.25, -0.2) is 4.79 Å². The summed E-state index contributed by atoms with van der Waals surface area (Å²) in [6.07, 6.45) is 0.435. The van der Waals surface area contributed by atoms with Gasteiger partial charge in [-0.2, -0.15) is 0 Å². The van der Waals surface area contributed by atoms with Crippen LogP contribution >= 0.6 is 15.9 Å². The van der Waals surface area contributed by atoms with E-state index in [2.05, 4.69) is 38.5 Å². The van der Waals surface area contributed by atoms with Crippen molar-refractivity contribution in [2.24, 2.45) is 0 Å². The summed E-state index contributed by atoms with van der Waals surface area (Å²) < 4.78 is 0.908. The van der Waals surface area contributed by atoms with Crippen molar-refractivity contribution < 1.29 is 14.7 Å². The Labute approximate surface area is 184 Å². The molecule has 0 saturated carbocycles. The summed E-state index contributed by atoms with van der Waals surface area (Å²) >= 11 is 3.36. The number of benzene rings is 2. The maximum absolute atomic E-state index is 12.9. The monoisotopic (exact) mass is 472 g/mol. The SMILES string of the molecule is CN1CCc2cc(NC(=O)[C@H]3C[C@@H](O)CN3C(=O)Nc3ccc(Br)cc3)ccc2C1. The van der Waals surface area contributed by atoms with Gasteiger partial charge in [-0.05, 0) is 61.0 Å². The summed E-state index contributed by atoms with van der Waals surface area (Å²) in [6, 6.07) is 12.0. The van der Waals surface area contributed by atoms with Crippen molar-refractivity contribution in [1.82, 2.24) is 9.80 Å². The van der Waals surface area contributed by atoms with Gasteiger partial charge < -0.3 is 25.5 Å². The molecule has 3 amide bonds. The second-order valence-corrected chi connectivity index (χ2v) is 8.87. The Kier molecular flexibility index (Phi) is 6.08. The number of anilines is 2. The number of aliphatic hydroxyl groups excluding tert-OH is 1. The number of nitrogens with zero attached hydrogens (tertiary/aromatic N) is 2. The lowest BCUT2D eigenvalue weighted by molar-refractivity contribution is -0.119. The number of hydrogen-bond acceptors (Lipinski definition) is 4. The van der Waals surface area contributed by atoms with Gasteiger partial charge in [0.25, 0.3) is 0 Å². The van der Waals surface area contributed by atoms with E-state index >= 15 is 0 Å². The Morgan fingerprint density at radius 2 is 1.80 bits per heavy atom. The smallest absolute Gasteiger partial charge is 0.322 e. The van der Waals surface area contributed by atoms with Gasteiger partial charge in [0, 0.05) is 41.9 Å². The van der Waals surface area contributed by atoms with E-state index in [9.17, 15) is 14.7 Å². The van der Waals surface area contributed by atoms with E-state index in [4.69, 9.17) is 0 Å². The van der Waals surface area contributed by atoms with E-state index in [1.54, 1.807) is 12.1 Å². The third-order valence-corrected chi connectivity index (χ3v) is 6.14. The second-order valence-electron chi connectivity index (χ2n) is 7.96. The molecule has 1 saturated heterocycles. The van der Waals surface area contributed by atoms with Crippen LogP contribution in [0.2, 0.25) is 0 Å². The van der Waals surface area contributed by atoms with Crippen LogP contribution in [0.1, 0.15) is 17.5 Å². The van der Waals surface area contributed by atoms with E-state index in [1.807, 2.05) is 30.3 Å². The van der Waals surface area contributed by atoms with Crippen LogP contribution in [0, 0.1) is 0 Å². The number of aliphatic hydroxyl groups is 1. The van der Waals surface area contributed by atoms with Gasteiger partial charge in [-0.3, -0.25) is 4.79 Å². The van der Waals surface area contributed by atoms with Crippen molar-refractivity contribution in [3.63, 3.8) is 0 Å². The summed E-state index contributed by atoms with van der Waals surface area (Å²) in [5.41, 5.74) is 3.86. The van der Waals surface area contributed by atoms with Crippen molar-refractivity contribution in [2.45, 2.75) is 31.5 Å². The molecule has 0 spiro atoms. The molecular weight excluding hydrogens is 448 g/mol. The van der Waals surface area contributed by atoms with Crippen LogP contribution in [0.15, 0.2) is 46.9 Å². The van der Waals surface area contributed by atoms with Gasteiger partial charge in [0.15, 0.2) is 0 Å². The molecule has 7 nitrogen and oxygen atoms in total. The highest BCUT2D eigenvalue weighted by atomic mass is 79.9. The predicted molar refractivity (Wildman–Crippen MR) is 119 cm³/mol. The van der Waals surface area contributed by atoms with Gasteiger partial charge in [0.05, 0.1) is 6.10 Å². The first-order valence-corrected chi connectivity index (χ1v) is 10.8. The average Bonchev–Trinajstić information content (AvgIpc) is 3.12. The minimum atomic E-state index is -0.726. The largest absolute Gasteiger partial charge is 0.391 e. The third kappa shape index (κ3) is 4.66. The van der Waals surface area contributed by atoms with Gasteiger partial charge in [-0.15, -0.1) is 0 Å². The quantitative estimate of drug-likeness (QED) is 0.640. The summed E-state index contributed by atoms with van der Waals surface area (Å²) in [5.74, 6) is -0.287. The number of likely N-dealkylation sites (tertiary alicyclic amines) is 1. The Morgan fingerprint density at radius 3 is 2.57 bits per heavy atom. The summed E-state index contributed by atoms with van der Waals surface area (Å²) in [5, 5.41) is 15.8. The molecule has 2 aromatic rings. The topological polar surface area (TPSA) is 84.9 Å². The van der Waals surface area contributed by atoms with Crippen LogP contribution in [0.3, 0.4) is 0 Å². The van der Waals surface area contributed by atoms with Crippen LogP contribution in [0.5, 0.6) is 0 Å². The lowest BCUT2D eigenvalue weighted by atomic mass is 9.99. The van der Waals surface area contributed by atoms with Crippen molar-refractivity contribution in [3.8, 4) is 0 Å². The summed E-state index contributed by atoms with van der Waals surface area (Å²) in [7, 11) is 2.10. The van der Waals surface area contributed by atoms with Crippen molar-refractivity contribution in [2.75, 3.05) is 30.8 Å². The number of carbonyl (C=O) groups is 2. The molecule has 2 aromatic carbocycles. The molecular formula is C22H25BrN4O3. The maximum Gasteiger partial charge on any atom is 0.322 e. The van der Waals surface area contributed by atoms with Gasteiger partial charge >= 0.3 is 6.03 Å². The number of fused-ring (bicyclic) bond motifs is 1. The molecule has 2 aliphatic rings. The highest BCUT2D eigenvalue weighted by molar-refractivity contribution is 9.10. The highest BCUT2D eigenvalue weighted by Crippen LogP contribution is 2.25. The zero-order chi connectivity index (χ0) is 21.3. The summed E-state index contributed by atoms with van der Waals surface area (Å²) in [6.45, 7) is 2.02. The Bertz CT molecular complexity index is 950. The van der Waals surface area contributed by atoms with E-state index in [1.165, 1.54) is 16.0 Å². The fraction of sp³-hybridized carbons (Fsp3) is 0.364. The van der Waals surface area contributed by atoms with Crippen molar-refractivity contribution in [1.29, 1.82) is 0 Å². The van der Waals surface area contributed by atoms with Crippen LogP contribution < -0.4 is 10.6 Å². The lowest BCUT2D eigenvalue weighted by Crippen LogP contribution is -2.45. The van der Waals surface area contributed by atoms with E-state index in [0.29, 0.717) is 5.69 Å². The molecule has 0 bridgehead atoms. The van der Waals surface area contributed by atoms with Crippen LogP contribution in [0.4, 0.5) is 16.2 Å². The number of amides is 3. The highest BCUT2D eigenvalue weighted by Gasteiger charge is 2.39. The zero-order valence-corrected chi connectivity index (χ0v) is 18.4. The molecule has 2 aliphatic heterocycles. The number of hydrogen-bond donors (Lipinski definition) is 3. The molecule has 8 heteroatoms. The van der Waals surface area contributed by atoms with Gasteiger partial charge in [-0.1, -0.05) is 22.0 Å². The van der Waals surface area contributed by atoms with Gasteiger partial charge in [0.2, 0.25) is 5.91 Å². The van der Waals surface area contributed by atoms with E-state index in [0.717, 1.165) is 29.7 Å². The normalized spacial score (nSPS) is 21.2. The number of likely N-dealkylation sites (N-methyl/N-ethyl adjacent to an activating group) is 1. The number of carbonyl (C=O) groups excluding carboxylic acids is 2. The molecule has 0 radical (unpaired) electrons. The third-order valence-electron chi connectivity index (χ3n) is 5.61. The van der Waals surface area contributed by atoms with E-state index < -0.39 is 18.2 Å². The first-order valence-electron chi connectivity index (χ1n) is 10.0. The predicted octanol–water partition coefficient (Wildman–Crippen LogP) is 3.04. The number of β-amino-alcohol motifs (C(OH)–C–C–N with tert-alkyl or cyclic N) is 1. The Hall–Kier alpha value is -2.42. The van der Waals surface area contributed by atoms with Crippen LogP contribution in [0.25, 0.3) is 0 Å². The van der Waals surface area contributed by atoms with Crippen molar-refractivity contribution >= 4 is 39.2 Å². The molecule has 3 N–H and O–H groups in total. The number of halogens is 1. The second kappa shape index (κ2) is 8.75. The maximum atomic E-state index is 12.9. The fourth-order valence-corrected chi connectivity index (χ4v) is 4.28. The standard InChI is InChI=1S/C22H25BrN4O3/c1-26-9-8-14-10-18(5-2-15(14)12-26)24-21(29)20-11-19(28)13-27(20)22(30)25-17-6-3-16(23)4-7-17/h2-7,10,19-20,28H,8-9,11-13H2,1H3,(H,24,29)(H,25,30)/t19-,20-/m1/s1. The van der Waals surface area contributed by atoms with Crippen molar-refractivity contribution in [3.05, 3.63) is 58.1 Å². The van der Waals surface area contributed by atoms with E-state index in [-0.39, 0.29) is 18.9 Å². The fourth-order valence-electron chi connectivity index (χ4n) is 4.01. The number of rotatable bonds is 3. The molecule has 0 unspecified atom stereocenters. The zero-order valence-electron chi connectivity index (χ0n) is 16.8. The van der Waals surface area contributed by atoms with Crippen LogP contribution in [-0.2, 0) is 17.8 Å². The molecule has 2 heterocycles. The molecule has 0 aliphatic carbocycles. The lowest BCUT2D eigenvalue weighted by Gasteiger charge is -2.26. The first-order chi connectivity index (χ1) is 14.4. The van der Waals surface area contributed by atoms with Crippen LogP contribution in [-0.4, -0.2) is 59.1 Å². The minimum absolute atomic E-state index is 0.122.